The van der Waals surface area contributed by atoms with Crippen molar-refractivity contribution in [3.63, 3.8) is 0 Å². The number of carbonyl (C=O) groups is 1. The van der Waals surface area contributed by atoms with Crippen molar-refractivity contribution >= 4 is 17.5 Å². The number of halogens is 1. The Morgan fingerprint density at radius 3 is 2.53 bits per heavy atom. The maximum absolute atomic E-state index is 12.7. The normalized spacial score (nSPS) is 10.4. The van der Waals surface area contributed by atoms with E-state index >= 15 is 0 Å². The van der Waals surface area contributed by atoms with Gasteiger partial charge in [0.25, 0.3) is 5.91 Å². The lowest BCUT2D eigenvalue weighted by atomic mass is 10.1. The standard InChI is InChI=1S/C24H24ClNO4/c1-3-29-23-12-11-17(13-19(23)16-30-21-9-6-8-20(25)14-21)24(27)26-15-18-7-4-5-10-22(18)28-2/h4-14H,3,15-16H2,1-2H3,(H,26,27). The Morgan fingerprint density at radius 2 is 1.77 bits per heavy atom. The largest absolute Gasteiger partial charge is 0.496 e. The second kappa shape index (κ2) is 10.6. The van der Waals surface area contributed by atoms with Crippen molar-refractivity contribution in [1.82, 2.24) is 5.32 Å². The average molecular weight is 426 g/mol. The van der Waals surface area contributed by atoms with E-state index in [-0.39, 0.29) is 12.5 Å². The minimum absolute atomic E-state index is 0.187. The molecule has 3 aromatic carbocycles. The van der Waals surface area contributed by atoms with Crippen LogP contribution in [0.5, 0.6) is 17.2 Å². The van der Waals surface area contributed by atoms with Gasteiger partial charge in [-0.25, -0.2) is 0 Å². The predicted molar refractivity (Wildman–Crippen MR) is 118 cm³/mol. The highest BCUT2D eigenvalue weighted by molar-refractivity contribution is 6.30. The van der Waals surface area contributed by atoms with Crippen molar-refractivity contribution in [2.24, 2.45) is 0 Å². The second-order valence-electron chi connectivity index (χ2n) is 6.50. The van der Waals surface area contributed by atoms with Crippen molar-refractivity contribution in [3.05, 3.63) is 88.4 Å². The van der Waals surface area contributed by atoms with Crippen molar-refractivity contribution in [1.29, 1.82) is 0 Å². The molecular formula is C24H24ClNO4. The molecule has 0 aliphatic heterocycles. The first kappa shape index (κ1) is 21.5. The van der Waals surface area contributed by atoms with Gasteiger partial charge in [0.15, 0.2) is 0 Å². The summed E-state index contributed by atoms with van der Waals surface area (Å²) in [6.45, 7) is 3.05. The van der Waals surface area contributed by atoms with Crippen LogP contribution in [0.2, 0.25) is 5.02 Å². The molecule has 6 heteroatoms. The summed E-state index contributed by atoms with van der Waals surface area (Å²) in [7, 11) is 1.61. The van der Waals surface area contributed by atoms with Crippen molar-refractivity contribution < 1.29 is 19.0 Å². The maximum atomic E-state index is 12.7. The van der Waals surface area contributed by atoms with E-state index in [1.807, 2.05) is 43.3 Å². The first-order valence-electron chi connectivity index (χ1n) is 9.65. The number of ether oxygens (including phenoxy) is 3. The molecule has 3 aromatic rings. The zero-order valence-corrected chi connectivity index (χ0v) is 17.7. The van der Waals surface area contributed by atoms with E-state index in [0.717, 1.165) is 16.9 Å². The molecule has 0 spiro atoms. The van der Waals surface area contributed by atoms with Crippen LogP contribution >= 0.6 is 11.6 Å². The van der Waals surface area contributed by atoms with Crippen molar-refractivity contribution in [3.8, 4) is 17.2 Å². The van der Waals surface area contributed by atoms with Gasteiger partial charge in [-0.1, -0.05) is 35.9 Å². The molecule has 0 aliphatic rings. The van der Waals surface area contributed by atoms with Crippen LogP contribution in [0.25, 0.3) is 0 Å². The van der Waals surface area contributed by atoms with Crippen molar-refractivity contribution in [2.75, 3.05) is 13.7 Å². The van der Waals surface area contributed by atoms with E-state index in [0.29, 0.717) is 35.2 Å². The fourth-order valence-corrected chi connectivity index (χ4v) is 3.15. The minimum atomic E-state index is -0.187. The first-order chi connectivity index (χ1) is 14.6. The second-order valence-corrected chi connectivity index (χ2v) is 6.93. The van der Waals surface area contributed by atoms with E-state index < -0.39 is 0 Å². The SMILES string of the molecule is CCOc1ccc(C(=O)NCc2ccccc2OC)cc1COc1cccc(Cl)c1. The molecule has 0 fully saturated rings. The van der Waals surface area contributed by atoms with Gasteiger partial charge >= 0.3 is 0 Å². The van der Waals surface area contributed by atoms with Gasteiger partial charge in [0, 0.05) is 28.3 Å². The molecule has 0 bridgehead atoms. The summed E-state index contributed by atoms with van der Waals surface area (Å²) in [4.78, 5) is 12.7. The maximum Gasteiger partial charge on any atom is 0.251 e. The fourth-order valence-electron chi connectivity index (χ4n) is 2.97. The molecular weight excluding hydrogens is 402 g/mol. The average Bonchev–Trinajstić information content (AvgIpc) is 2.77. The molecule has 3 rings (SSSR count). The van der Waals surface area contributed by atoms with E-state index in [1.165, 1.54) is 0 Å². The lowest BCUT2D eigenvalue weighted by Crippen LogP contribution is -2.23. The summed E-state index contributed by atoms with van der Waals surface area (Å²) >= 11 is 6.01. The predicted octanol–water partition coefficient (Wildman–Crippen LogP) is 5.26. The van der Waals surface area contributed by atoms with Gasteiger partial charge in [-0.05, 0) is 49.4 Å². The van der Waals surface area contributed by atoms with Gasteiger partial charge in [-0.2, -0.15) is 0 Å². The van der Waals surface area contributed by atoms with Crippen LogP contribution in [0.3, 0.4) is 0 Å². The number of rotatable bonds is 9. The Hall–Kier alpha value is -3.18. The van der Waals surface area contributed by atoms with Crippen LogP contribution in [0, 0.1) is 0 Å². The van der Waals surface area contributed by atoms with Crippen LogP contribution in [-0.4, -0.2) is 19.6 Å². The monoisotopic (exact) mass is 425 g/mol. The number of benzene rings is 3. The molecule has 1 amide bonds. The zero-order chi connectivity index (χ0) is 21.3. The number of hydrogen-bond donors (Lipinski definition) is 1. The molecule has 0 unspecified atom stereocenters. The summed E-state index contributed by atoms with van der Waals surface area (Å²) in [5.74, 6) is 1.88. The third-order valence-corrected chi connectivity index (χ3v) is 4.68. The molecule has 5 nitrogen and oxygen atoms in total. The Bertz CT molecular complexity index is 1010. The highest BCUT2D eigenvalue weighted by atomic mass is 35.5. The Labute approximate surface area is 181 Å². The van der Waals surface area contributed by atoms with E-state index in [9.17, 15) is 4.79 Å². The van der Waals surface area contributed by atoms with E-state index in [4.69, 9.17) is 25.8 Å². The molecule has 156 valence electrons. The molecule has 0 aliphatic carbocycles. The number of nitrogens with one attached hydrogen (secondary N) is 1. The molecule has 0 atom stereocenters. The first-order valence-corrected chi connectivity index (χ1v) is 10.0. The summed E-state index contributed by atoms with van der Waals surface area (Å²) in [5, 5.41) is 3.53. The Balaban J connectivity index is 1.72. The number of hydrogen-bond acceptors (Lipinski definition) is 4. The third kappa shape index (κ3) is 5.67. The van der Waals surface area contributed by atoms with Crippen LogP contribution < -0.4 is 19.5 Å². The molecule has 0 radical (unpaired) electrons. The van der Waals surface area contributed by atoms with Gasteiger partial charge in [0.2, 0.25) is 0 Å². The van der Waals surface area contributed by atoms with Gasteiger partial charge < -0.3 is 19.5 Å². The zero-order valence-electron chi connectivity index (χ0n) is 17.0. The highest BCUT2D eigenvalue weighted by Crippen LogP contribution is 2.24. The number of methoxy groups -OCH3 is 1. The van der Waals surface area contributed by atoms with Gasteiger partial charge in [0.1, 0.15) is 23.9 Å². The summed E-state index contributed by atoms with van der Waals surface area (Å²) in [6, 6.07) is 20.1. The number of carbonyl (C=O) groups excluding carboxylic acids is 1. The van der Waals surface area contributed by atoms with Crippen molar-refractivity contribution in [2.45, 2.75) is 20.1 Å². The molecule has 0 heterocycles. The van der Waals surface area contributed by atoms with Crippen LogP contribution in [-0.2, 0) is 13.2 Å². The minimum Gasteiger partial charge on any atom is -0.496 e. The van der Waals surface area contributed by atoms with Crippen LogP contribution in [0.4, 0.5) is 0 Å². The lowest BCUT2D eigenvalue weighted by Gasteiger charge is -2.14. The van der Waals surface area contributed by atoms with E-state index in [2.05, 4.69) is 5.32 Å². The quantitative estimate of drug-likeness (QED) is 0.508. The highest BCUT2D eigenvalue weighted by Gasteiger charge is 2.12. The van der Waals surface area contributed by atoms with Gasteiger partial charge in [-0.15, -0.1) is 0 Å². The number of amides is 1. The lowest BCUT2D eigenvalue weighted by molar-refractivity contribution is 0.0950. The molecule has 0 aromatic heterocycles. The summed E-state index contributed by atoms with van der Waals surface area (Å²) in [6.07, 6.45) is 0. The summed E-state index contributed by atoms with van der Waals surface area (Å²) < 4.78 is 16.9. The smallest absolute Gasteiger partial charge is 0.251 e. The Kier molecular flexibility index (Phi) is 7.57. The molecule has 1 N–H and O–H groups in total. The van der Waals surface area contributed by atoms with Gasteiger partial charge in [-0.3, -0.25) is 4.79 Å². The third-order valence-electron chi connectivity index (χ3n) is 4.44. The summed E-state index contributed by atoms with van der Waals surface area (Å²) in [5.41, 5.74) is 2.21. The van der Waals surface area contributed by atoms with Crippen LogP contribution in [0.15, 0.2) is 66.7 Å². The fraction of sp³-hybridized carbons (Fsp3) is 0.208. The number of para-hydroxylation sites is 1. The van der Waals surface area contributed by atoms with E-state index in [1.54, 1.807) is 37.4 Å². The van der Waals surface area contributed by atoms with Gasteiger partial charge in [0.05, 0.1) is 13.7 Å². The van der Waals surface area contributed by atoms with Crippen LogP contribution in [0.1, 0.15) is 28.4 Å². The molecule has 0 saturated heterocycles. The molecule has 30 heavy (non-hydrogen) atoms. The Morgan fingerprint density at radius 1 is 0.933 bits per heavy atom. The topological polar surface area (TPSA) is 56.8 Å². The molecule has 0 saturated carbocycles.